The number of nitrogens with one attached hydrogen (secondary N) is 1. The van der Waals surface area contributed by atoms with E-state index in [4.69, 9.17) is 0 Å². The minimum Gasteiger partial charge on any atom is -0.370 e. The van der Waals surface area contributed by atoms with Crippen LogP contribution < -0.4 is 5.32 Å². The SMILES string of the molecule is CCNc1cc(C(=O)N(CC2CC2)C(C)C)ccn1. The molecule has 1 fully saturated rings. The predicted octanol–water partition coefficient (Wildman–Crippen LogP) is 2.77. The summed E-state index contributed by atoms with van der Waals surface area (Å²) in [6.07, 6.45) is 4.21. The number of carbonyl (C=O) groups excluding carboxylic acids is 1. The van der Waals surface area contributed by atoms with Crippen LogP contribution in [0, 0.1) is 5.92 Å². The van der Waals surface area contributed by atoms with Gasteiger partial charge in [-0.15, -0.1) is 0 Å². The number of rotatable bonds is 6. The minimum atomic E-state index is 0.114. The lowest BCUT2D eigenvalue weighted by molar-refractivity contribution is 0.0696. The van der Waals surface area contributed by atoms with Crippen molar-refractivity contribution in [3.63, 3.8) is 0 Å². The summed E-state index contributed by atoms with van der Waals surface area (Å²) in [7, 11) is 0. The van der Waals surface area contributed by atoms with Crippen molar-refractivity contribution < 1.29 is 4.79 Å². The zero-order valence-corrected chi connectivity index (χ0v) is 12.0. The number of aromatic nitrogens is 1. The third kappa shape index (κ3) is 3.69. The van der Waals surface area contributed by atoms with Crippen LogP contribution in [0.4, 0.5) is 5.82 Å². The van der Waals surface area contributed by atoms with Gasteiger partial charge in [-0.3, -0.25) is 4.79 Å². The van der Waals surface area contributed by atoms with Crippen molar-refractivity contribution in [3.05, 3.63) is 23.9 Å². The van der Waals surface area contributed by atoms with Gasteiger partial charge in [0.25, 0.3) is 5.91 Å². The first-order valence-electron chi connectivity index (χ1n) is 7.12. The minimum absolute atomic E-state index is 0.114. The van der Waals surface area contributed by atoms with Gasteiger partial charge in [-0.25, -0.2) is 4.98 Å². The molecular weight excluding hydrogens is 238 g/mol. The van der Waals surface area contributed by atoms with E-state index in [0.717, 1.165) is 24.5 Å². The summed E-state index contributed by atoms with van der Waals surface area (Å²) in [5.41, 5.74) is 0.723. The maximum absolute atomic E-state index is 12.6. The van der Waals surface area contributed by atoms with Crippen LogP contribution in [-0.4, -0.2) is 34.9 Å². The van der Waals surface area contributed by atoms with Crippen LogP contribution >= 0.6 is 0 Å². The Morgan fingerprint density at radius 1 is 1.53 bits per heavy atom. The Hall–Kier alpha value is -1.58. The van der Waals surface area contributed by atoms with Crippen molar-refractivity contribution in [2.45, 2.75) is 39.7 Å². The van der Waals surface area contributed by atoms with Gasteiger partial charge in [0.15, 0.2) is 0 Å². The van der Waals surface area contributed by atoms with Crippen LogP contribution in [0.3, 0.4) is 0 Å². The van der Waals surface area contributed by atoms with E-state index in [0.29, 0.717) is 5.92 Å². The number of hydrogen-bond donors (Lipinski definition) is 1. The molecule has 1 N–H and O–H groups in total. The lowest BCUT2D eigenvalue weighted by Crippen LogP contribution is -2.38. The van der Waals surface area contributed by atoms with Gasteiger partial charge in [0.2, 0.25) is 0 Å². The molecule has 4 heteroatoms. The molecule has 0 unspecified atom stereocenters. The normalized spacial score (nSPS) is 14.5. The zero-order chi connectivity index (χ0) is 13.8. The van der Waals surface area contributed by atoms with E-state index in [9.17, 15) is 4.79 Å². The van der Waals surface area contributed by atoms with Gasteiger partial charge < -0.3 is 10.2 Å². The van der Waals surface area contributed by atoms with Crippen LogP contribution in [0.25, 0.3) is 0 Å². The van der Waals surface area contributed by atoms with Crippen LogP contribution in [0.15, 0.2) is 18.3 Å². The topological polar surface area (TPSA) is 45.2 Å². The fourth-order valence-electron chi connectivity index (χ4n) is 2.11. The summed E-state index contributed by atoms with van der Waals surface area (Å²) in [4.78, 5) is 18.8. The molecule has 1 aliphatic rings. The number of amides is 1. The third-order valence-electron chi connectivity index (χ3n) is 3.40. The Bertz CT molecular complexity index is 441. The Labute approximate surface area is 115 Å². The van der Waals surface area contributed by atoms with Gasteiger partial charge in [0.1, 0.15) is 5.82 Å². The maximum atomic E-state index is 12.6. The van der Waals surface area contributed by atoms with Crippen LogP contribution in [0.2, 0.25) is 0 Å². The second kappa shape index (κ2) is 6.04. The third-order valence-corrected chi connectivity index (χ3v) is 3.40. The van der Waals surface area contributed by atoms with E-state index in [1.807, 2.05) is 17.9 Å². The highest BCUT2D eigenvalue weighted by atomic mass is 16.2. The molecule has 0 aliphatic heterocycles. The average molecular weight is 261 g/mol. The molecule has 0 bridgehead atoms. The zero-order valence-electron chi connectivity index (χ0n) is 12.0. The van der Waals surface area contributed by atoms with Crippen molar-refractivity contribution in [2.24, 2.45) is 5.92 Å². The molecule has 1 amide bonds. The molecule has 0 atom stereocenters. The van der Waals surface area contributed by atoms with Crippen molar-refractivity contribution >= 4 is 11.7 Å². The van der Waals surface area contributed by atoms with E-state index in [1.54, 1.807) is 12.3 Å². The fourth-order valence-corrected chi connectivity index (χ4v) is 2.11. The Balaban J connectivity index is 2.12. The summed E-state index contributed by atoms with van der Waals surface area (Å²) < 4.78 is 0. The highest BCUT2D eigenvalue weighted by molar-refractivity contribution is 5.95. The van der Waals surface area contributed by atoms with Crippen molar-refractivity contribution in [3.8, 4) is 0 Å². The van der Waals surface area contributed by atoms with Gasteiger partial charge in [0, 0.05) is 30.9 Å². The molecule has 2 rings (SSSR count). The van der Waals surface area contributed by atoms with Gasteiger partial charge in [-0.2, -0.15) is 0 Å². The summed E-state index contributed by atoms with van der Waals surface area (Å²) >= 11 is 0. The van der Waals surface area contributed by atoms with Gasteiger partial charge >= 0.3 is 0 Å². The number of pyridine rings is 1. The quantitative estimate of drug-likeness (QED) is 0.856. The van der Waals surface area contributed by atoms with E-state index < -0.39 is 0 Å². The predicted molar refractivity (Wildman–Crippen MR) is 77.3 cm³/mol. The summed E-state index contributed by atoms with van der Waals surface area (Å²) in [5, 5.41) is 3.14. The summed E-state index contributed by atoms with van der Waals surface area (Å²) in [6.45, 7) is 7.86. The van der Waals surface area contributed by atoms with Crippen LogP contribution in [0.1, 0.15) is 44.0 Å². The molecule has 104 valence electrons. The highest BCUT2D eigenvalue weighted by Gasteiger charge is 2.28. The molecule has 1 heterocycles. The van der Waals surface area contributed by atoms with Gasteiger partial charge in [-0.1, -0.05) is 0 Å². The second-order valence-corrected chi connectivity index (χ2v) is 5.45. The lowest BCUT2D eigenvalue weighted by atomic mass is 10.2. The first-order valence-corrected chi connectivity index (χ1v) is 7.12. The Morgan fingerprint density at radius 3 is 2.84 bits per heavy atom. The van der Waals surface area contributed by atoms with Crippen LogP contribution in [-0.2, 0) is 0 Å². The van der Waals surface area contributed by atoms with Gasteiger partial charge in [-0.05, 0) is 51.7 Å². The standard InChI is InChI=1S/C15H23N3O/c1-4-16-14-9-13(7-8-17-14)15(19)18(11(2)3)10-12-5-6-12/h7-9,11-12H,4-6,10H2,1-3H3,(H,16,17). The van der Waals surface area contributed by atoms with E-state index in [1.165, 1.54) is 12.8 Å². The van der Waals surface area contributed by atoms with E-state index >= 15 is 0 Å². The molecule has 0 spiro atoms. The highest BCUT2D eigenvalue weighted by Crippen LogP contribution is 2.30. The molecule has 19 heavy (non-hydrogen) atoms. The number of hydrogen-bond acceptors (Lipinski definition) is 3. The van der Waals surface area contributed by atoms with Crippen molar-refractivity contribution in [1.29, 1.82) is 0 Å². The molecule has 1 saturated carbocycles. The molecule has 0 aromatic carbocycles. The molecular formula is C15H23N3O. The van der Waals surface area contributed by atoms with Crippen molar-refractivity contribution in [1.82, 2.24) is 9.88 Å². The summed E-state index contributed by atoms with van der Waals surface area (Å²) in [5.74, 6) is 1.59. The lowest BCUT2D eigenvalue weighted by Gasteiger charge is -2.27. The molecule has 0 radical (unpaired) electrons. The molecule has 0 saturated heterocycles. The second-order valence-electron chi connectivity index (χ2n) is 5.45. The molecule has 1 aliphatic carbocycles. The molecule has 4 nitrogen and oxygen atoms in total. The first kappa shape index (κ1) is 13.8. The Morgan fingerprint density at radius 2 is 2.26 bits per heavy atom. The largest absolute Gasteiger partial charge is 0.370 e. The number of anilines is 1. The molecule has 1 aromatic heterocycles. The van der Waals surface area contributed by atoms with E-state index in [2.05, 4.69) is 24.1 Å². The summed E-state index contributed by atoms with van der Waals surface area (Å²) in [6, 6.07) is 3.88. The maximum Gasteiger partial charge on any atom is 0.254 e. The first-order chi connectivity index (χ1) is 9.11. The van der Waals surface area contributed by atoms with Crippen LogP contribution in [0.5, 0.6) is 0 Å². The smallest absolute Gasteiger partial charge is 0.254 e. The average Bonchev–Trinajstić information content (AvgIpc) is 3.19. The number of nitrogens with zero attached hydrogens (tertiary/aromatic N) is 2. The fraction of sp³-hybridized carbons (Fsp3) is 0.600. The number of carbonyl (C=O) groups is 1. The monoisotopic (exact) mass is 261 g/mol. The van der Waals surface area contributed by atoms with E-state index in [-0.39, 0.29) is 11.9 Å². The Kier molecular flexibility index (Phi) is 4.40. The van der Waals surface area contributed by atoms with Gasteiger partial charge in [0.05, 0.1) is 0 Å². The van der Waals surface area contributed by atoms with Crippen molar-refractivity contribution in [2.75, 3.05) is 18.4 Å². The molecule has 1 aromatic rings.